The van der Waals surface area contributed by atoms with Gasteiger partial charge in [-0.2, -0.15) is 0 Å². The molecule has 5 unspecified atom stereocenters. The normalized spacial score (nSPS) is 54.2. The van der Waals surface area contributed by atoms with Crippen LogP contribution in [0.2, 0.25) is 0 Å². The zero-order valence-corrected chi connectivity index (χ0v) is 12.1. The third kappa shape index (κ3) is 1.41. The second-order valence-corrected chi connectivity index (χ2v) is 7.35. The van der Waals surface area contributed by atoms with Crippen molar-refractivity contribution in [3.05, 3.63) is 0 Å². The highest BCUT2D eigenvalue weighted by atomic mass is 35.5. The van der Waals surface area contributed by atoms with Crippen molar-refractivity contribution in [1.29, 1.82) is 0 Å². The highest BCUT2D eigenvalue weighted by Crippen LogP contribution is 2.71. The van der Waals surface area contributed by atoms with Gasteiger partial charge in [-0.3, -0.25) is 0 Å². The first kappa shape index (κ1) is 12.9. The van der Waals surface area contributed by atoms with Gasteiger partial charge in [0, 0.05) is 27.5 Å². The van der Waals surface area contributed by atoms with Crippen molar-refractivity contribution in [2.45, 2.75) is 35.4 Å². The zero-order chi connectivity index (χ0) is 11.4. The number of fused-ring (bicyclic) bond motifs is 2. The lowest BCUT2D eigenvalue weighted by Gasteiger charge is -2.42. The van der Waals surface area contributed by atoms with Crippen LogP contribution in [0.5, 0.6) is 0 Å². The molecule has 0 radical (unpaired) electrons. The fourth-order valence-corrected chi connectivity index (χ4v) is 6.08. The quantitative estimate of drug-likeness (QED) is 0.651. The van der Waals surface area contributed by atoms with E-state index in [0.29, 0.717) is 5.88 Å². The molecule has 0 nitrogen and oxygen atoms in total. The van der Waals surface area contributed by atoms with Crippen LogP contribution in [0.15, 0.2) is 0 Å². The van der Waals surface area contributed by atoms with Crippen LogP contribution in [0.25, 0.3) is 0 Å². The van der Waals surface area contributed by atoms with Gasteiger partial charge in [-0.25, -0.2) is 0 Å². The molecular weight excluding hydrogens is 297 g/mol. The van der Waals surface area contributed by atoms with Gasteiger partial charge in [0.25, 0.3) is 0 Å². The molecule has 0 saturated heterocycles. The van der Waals surface area contributed by atoms with Crippen molar-refractivity contribution in [3.8, 4) is 0 Å². The molecule has 2 aliphatic rings. The molecule has 0 aromatic carbocycles. The van der Waals surface area contributed by atoms with Crippen LogP contribution in [0.1, 0.15) is 19.8 Å². The Morgan fingerprint density at radius 2 is 1.93 bits per heavy atom. The maximum atomic E-state index is 6.40. The highest BCUT2D eigenvalue weighted by Gasteiger charge is 2.70. The van der Waals surface area contributed by atoms with Crippen LogP contribution in [0, 0.1) is 16.7 Å². The monoisotopic (exact) mass is 308 g/mol. The summed E-state index contributed by atoms with van der Waals surface area (Å²) in [7, 11) is 0. The average molecular weight is 310 g/mol. The van der Waals surface area contributed by atoms with E-state index >= 15 is 0 Å². The van der Waals surface area contributed by atoms with Crippen LogP contribution in [0.4, 0.5) is 0 Å². The van der Waals surface area contributed by atoms with Crippen molar-refractivity contribution in [1.82, 2.24) is 0 Å². The molecule has 0 heterocycles. The van der Waals surface area contributed by atoms with Gasteiger partial charge in [-0.1, -0.05) is 6.92 Å². The molecule has 2 rings (SSSR count). The van der Waals surface area contributed by atoms with E-state index in [2.05, 4.69) is 6.92 Å². The smallest absolute Gasteiger partial charge is 0.114 e. The van der Waals surface area contributed by atoms with Gasteiger partial charge >= 0.3 is 0 Å². The Labute approximate surface area is 116 Å². The predicted octanol–water partition coefficient (Wildman–Crippen LogP) is 4.66. The lowest BCUT2D eigenvalue weighted by Crippen LogP contribution is -2.43. The molecule has 5 atom stereocenters. The number of alkyl halides is 5. The van der Waals surface area contributed by atoms with Gasteiger partial charge in [0.05, 0.1) is 0 Å². The van der Waals surface area contributed by atoms with E-state index in [9.17, 15) is 0 Å². The highest BCUT2D eigenvalue weighted by molar-refractivity contribution is 6.45. The molecule has 0 aliphatic heterocycles. The largest absolute Gasteiger partial charge is 0.126 e. The summed E-state index contributed by atoms with van der Waals surface area (Å²) in [6.07, 6.45) is 1.69. The molecule has 0 aromatic heterocycles. The first-order valence-corrected chi connectivity index (χ1v) is 7.30. The summed E-state index contributed by atoms with van der Waals surface area (Å²) in [6.45, 7) is 2.08. The topological polar surface area (TPSA) is 0 Å². The Balaban J connectivity index is 2.47. The van der Waals surface area contributed by atoms with Crippen LogP contribution < -0.4 is 0 Å². The summed E-state index contributed by atoms with van der Waals surface area (Å²) in [6, 6.07) is 0. The Bertz CT molecular complexity index is 269. The third-order valence-corrected chi connectivity index (χ3v) is 7.03. The zero-order valence-electron chi connectivity index (χ0n) is 8.32. The second kappa shape index (κ2) is 3.99. The van der Waals surface area contributed by atoms with E-state index in [1.54, 1.807) is 0 Å². The van der Waals surface area contributed by atoms with Gasteiger partial charge in [-0.15, -0.1) is 58.0 Å². The molecule has 0 aromatic rings. The van der Waals surface area contributed by atoms with E-state index < -0.39 is 4.84 Å². The van der Waals surface area contributed by atoms with Crippen LogP contribution >= 0.6 is 58.0 Å². The van der Waals surface area contributed by atoms with Crippen molar-refractivity contribution < 1.29 is 0 Å². The summed E-state index contributed by atoms with van der Waals surface area (Å²) in [5, 5.41) is 0.142. The lowest BCUT2D eigenvalue weighted by molar-refractivity contribution is 0.151. The maximum Gasteiger partial charge on any atom is 0.114 e. The molecule has 2 aliphatic carbocycles. The SMILES string of the molecule is CC1(C(Cl)Cl)C2CC(Cl)C1(CCl)CC2Cl. The minimum atomic E-state index is -0.464. The van der Waals surface area contributed by atoms with Gasteiger partial charge in [-0.05, 0) is 18.8 Å². The summed E-state index contributed by atoms with van der Waals surface area (Å²) in [5.74, 6) is 0.758. The molecule has 2 fully saturated rings. The molecule has 5 heteroatoms. The molecule has 0 N–H and O–H groups in total. The Morgan fingerprint density at radius 3 is 2.33 bits per heavy atom. The van der Waals surface area contributed by atoms with Gasteiger partial charge < -0.3 is 0 Å². The van der Waals surface area contributed by atoms with Crippen LogP contribution in [0.3, 0.4) is 0 Å². The summed E-state index contributed by atoms with van der Waals surface area (Å²) >= 11 is 31.1. The van der Waals surface area contributed by atoms with E-state index in [4.69, 9.17) is 58.0 Å². The van der Waals surface area contributed by atoms with E-state index in [0.717, 1.165) is 12.8 Å². The molecule has 0 spiro atoms. The first-order chi connectivity index (χ1) is 6.90. The van der Waals surface area contributed by atoms with E-state index in [1.807, 2.05) is 0 Å². The Morgan fingerprint density at radius 1 is 1.33 bits per heavy atom. The molecule has 88 valence electrons. The maximum absolute atomic E-state index is 6.40. The van der Waals surface area contributed by atoms with E-state index in [-0.39, 0.29) is 27.5 Å². The molecular formula is C10H13Cl5. The van der Waals surface area contributed by atoms with Crippen molar-refractivity contribution in [3.63, 3.8) is 0 Å². The van der Waals surface area contributed by atoms with Crippen molar-refractivity contribution in [2.75, 3.05) is 5.88 Å². The van der Waals surface area contributed by atoms with Crippen molar-refractivity contribution >= 4 is 58.0 Å². The molecule has 0 amide bonds. The summed E-state index contributed by atoms with van der Waals surface area (Å²) in [4.78, 5) is -0.464. The number of hydrogen-bond acceptors (Lipinski definition) is 0. The Hall–Kier alpha value is 1.45. The van der Waals surface area contributed by atoms with Gasteiger partial charge in [0.2, 0.25) is 0 Å². The van der Waals surface area contributed by atoms with Gasteiger partial charge in [0.1, 0.15) is 4.84 Å². The van der Waals surface area contributed by atoms with E-state index in [1.165, 1.54) is 0 Å². The number of halogens is 5. The third-order valence-electron chi connectivity index (χ3n) is 4.59. The first-order valence-electron chi connectivity index (χ1n) is 5.02. The predicted molar refractivity (Wildman–Crippen MR) is 68.8 cm³/mol. The second-order valence-electron chi connectivity index (χ2n) is 4.90. The van der Waals surface area contributed by atoms with Crippen LogP contribution in [-0.2, 0) is 0 Å². The fourth-order valence-electron chi connectivity index (χ4n) is 3.42. The fraction of sp³-hybridized carbons (Fsp3) is 1.00. The lowest BCUT2D eigenvalue weighted by atomic mass is 9.70. The summed E-state index contributed by atoms with van der Waals surface area (Å²) < 4.78 is 0. The number of rotatable bonds is 2. The molecule has 2 bridgehead atoms. The molecule has 2 saturated carbocycles. The standard InChI is InChI=1S/C10H13Cl5/c1-9(8(14)15)5-2-7(13)10(9,4-11)3-6(5)12/h5-8H,2-4H2,1H3. The summed E-state index contributed by atoms with van der Waals surface area (Å²) in [5.41, 5.74) is -0.460. The average Bonchev–Trinajstić information content (AvgIpc) is 2.52. The molecule has 15 heavy (non-hydrogen) atoms. The van der Waals surface area contributed by atoms with Crippen molar-refractivity contribution in [2.24, 2.45) is 16.7 Å². The van der Waals surface area contributed by atoms with Gasteiger partial charge in [0.15, 0.2) is 0 Å². The van der Waals surface area contributed by atoms with Crippen LogP contribution in [-0.4, -0.2) is 21.5 Å². The minimum absolute atomic E-state index is 0.0417. The number of hydrogen-bond donors (Lipinski definition) is 0. The minimum Gasteiger partial charge on any atom is -0.126 e. The Kier molecular flexibility index (Phi) is 3.43.